The van der Waals surface area contributed by atoms with Crippen LogP contribution in [0, 0.1) is 11.8 Å². The van der Waals surface area contributed by atoms with Crippen molar-refractivity contribution < 1.29 is 43.0 Å². The van der Waals surface area contributed by atoms with E-state index in [2.05, 4.69) is 53.8 Å². The first-order valence-electron chi connectivity index (χ1n) is 21.8. The molecule has 4 N–H and O–H groups in total. The molecule has 2 aromatic heterocycles. The quantitative estimate of drug-likeness (QED) is 0.0959. The number of nitrogens with one attached hydrogen (secondary N) is 4. The molecule has 4 aliphatic rings. The Labute approximate surface area is 417 Å². The summed E-state index contributed by atoms with van der Waals surface area (Å²) in [5.41, 5.74) is -0.665. The number of cyclic esters (lactones) is 2. The van der Waals surface area contributed by atoms with Gasteiger partial charge in [0.05, 0.1) is 25.9 Å². The van der Waals surface area contributed by atoms with Gasteiger partial charge >= 0.3 is 11.9 Å². The highest BCUT2D eigenvalue weighted by molar-refractivity contribution is 8.15. The fraction of sp³-hybridized carbons (Fsp3) is 0.568. The molecule has 67 heavy (non-hydrogen) atoms. The second-order valence-electron chi connectivity index (χ2n) is 17.0. The molecule has 4 amide bonds. The lowest BCUT2D eigenvalue weighted by Crippen LogP contribution is -2.53. The lowest BCUT2D eigenvalue weighted by Gasteiger charge is -2.27. The number of allylic oxidation sites excluding steroid dienone is 2. The molecule has 0 saturated heterocycles. The van der Waals surface area contributed by atoms with Crippen molar-refractivity contribution in [2.24, 2.45) is 21.8 Å². The summed E-state index contributed by atoms with van der Waals surface area (Å²) in [7, 11) is 0. The molecule has 8 bridgehead atoms. The number of fused-ring (bicyclic) bond motifs is 8. The van der Waals surface area contributed by atoms with Crippen molar-refractivity contribution in [3.8, 4) is 0 Å². The zero-order valence-electron chi connectivity index (χ0n) is 38.5. The number of amides is 4. The first-order valence-corrected chi connectivity index (χ1v) is 27.1. The number of esters is 2. The minimum absolute atomic E-state index is 0.0217. The third-order valence-corrected chi connectivity index (χ3v) is 15.7. The van der Waals surface area contributed by atoms with Crippen LogP contribution in [0.15, 0.2) is 45.0 Å². The molecular weight excluding hydrogens is 977 g/mol. The van der Waals surface area contributed by atoms with E-state index in [1.807, 2.05) is 44.5 Å². The average Bonchev–Trinajstić information content (AvgIpc) is 4.10. The number of carbonyl (C=O) groups is 7. The van der Waals surface area contributed by atoms with Crippen LogP contribution in [0.2, 0.25) is 0 Å². The molecule has 6 heterocycles. The highest BCUT2D eigenvalue weighted by Crippen LogP contribution is 2.33. The van der Waals surface area contributed by atoms with E-state index in [9.17, 15) is 33.6 Å². The summed E-state index contributed by atoms with van der Waals surface area (Å²) in [4.78, 5) is 107. The van der Waals surface area contributed by atoms with E-state index in [0.29, 0.717) is 62.3 Å². The number of nitrogens with zero attached hydrogens (tertiary/aromatic N) is 4. The van der Waals surface area contributed by atoms with Gasteiger partial charge in [-0.15, -0.1) is 46.2 Å². The Morgan fingerprint density at radius 1 is 0.761 bits per heavy atom. The van der Waals surface area contributed by atoms with Gasteiger partial charge in [0, 0.05) is 34.9 Å². The molecule has 2 aromatic rings. The first-order chi connectivity index (χ1) is 31.8. The van der Waals surface area contributed by atoms with Crippen LogP contribution in [0.5, 0.6) is 0 Å². The Kier molecular flexibility index (Phi) is 20.1. The van der Waals surface area contributed by atoms with E-state index in [1.165, 1.54) is 64.9 Å². The predicted octanol–water partition coefficient (Wildman–Crippen LogP) is 5.04. The highest BCUT2D eigenvalue weighted by Gasteiger charge is 2.43. The maximum absolute atomic E-state index is 13.2. The molecule has 0 fully saturated rings. The predicted molar refractivity (Wildman–Crippen MR) is 270 cm³/mol. The summed E-state index contributed by atoms with van der Waals surface area (Å²) < 4.78 is 11.3. The van der Waals surface area contributed by atoms with Crippen LogP contribution in [0.4, 0.5) is 0 Å². The molecule has 4 aliphatic heterocycles. The summed E-state index contributed by atoms with van der Waals surface area (Å²) >= 11 is 11.1. The van der Waals surface area contributed by atoms with Crippen LogP contribution in [0.25, 0.3) is 0 Å². The SMILES string of the molecule is CC(=O)SCC/C=C/[C@@H]1CC(=O)NCc2nc(cs2)C2=N[C@@](C)(CS2)C(=O)N[C@@H](C(C)C)C(=O)O1.CC(C)[C@@H]1NC(=O)[C@]2(C)CSC(=N2)c2csc(n2)CNC(=O)C[C@@H](/C=C/CCS)OC1=O. The number of hydrogen-bond donors (Lipinski definition) is 5. The molecule has 0 unspecified atom stereocenters. The summed E-state index contributed by atoms with van der Waals surface area (Å²) in [5.74, 6) is -0.754. The Bertz CT molecular complexity index is 2280. The van der Waals surface area contributed by atoms with Crippen LogP contribution < -0.4 is 21.3 Å². The molecule has 0 aliphatic carbocycles. The monoisotopic (exact) mass is 1030 g/mol. The molecule has 6 atom stereocenters. The highest BCUT2D eigenvalue weighted by atomic mass is 32.2. The minimum Gasteiger partial charge on any atom is -0.456 e. The van der Waals surface area contributed by atoms with Gasteiger partial charge in [-0.05, 0) is 56.4 Å². The van der Waals surface area contributed by atoms with E-state index < -0.39 is 47.3 Å². The van der Waals surface area contributed by atoms with Gasteiger partial charge in [0.15, 0.2) is 5.12 Å². The van der Waals surface area contributed by atoms with Gasteiger partial charge in [-0.2, -0.15) is 12.6 Å². The van der Waals surface area contributed by atoms with Crippen LogP contribution >= 0.6 is 70.6 Å². The van der Waals surface area contributed by atoms with Crippen LogP contribution in [-0.4, -0.2) is 119 Å². The van der Waals surface area contributed by atoms with Crippen molar-refractivity contribution in [3.63, 3.8) is 0 Å². The molecular formula is C44H58N8O9S6. The Balaban J connectivity index is 0.000000252. The number of rotatable bonds is 9. The van der Waals surface area contributed by atoms with Crippen molar-refractivity contribution in [2.75, 3.05) is 23.0 Å². The molecule has 0 spiro atoms. The smallest absolute Gasteiger partial charge is 0.329 e. The molecule has 23 heteroatoms. The number of aliphatic imine (C=N–C) groups is 2. The standard InChI is InChI=1S/C23H30N4O5S3.C21H28N4O4S3/c1-13(2)19-21(30)32-15(7-5-6-8-33-14(3)28)9-17(29)24-10-18-25-16(11-34-18)20-27-23(4,12-35-20)22(31)26-19;1-12(2)17-19(27)29-13(6-4-5-7-30)8-15(26)22-9-16-23-14(10-31-16)18-25-21(3,11-32-18)20(28)24-17/h5,7,11,13,15,19H,6,8-10,12H2,1-4H3,(H,24,29)(H,26,31);4,6,10,12-13,17,30H,5,7-9,11H2,1-3H3,(H,22,26)(H,24,28)/b7-5+;6-4+/t15-,19+,23+;13-,17+,21+/m11/s1. The lowest BCUT2D eigenvalue weighted by atomic mass is 10.0. The molecule has 0 aromatic carbocycles. The van der Waals surface area contributed by atoms with Gasteiger partial charge in [0.1, 0.15) is 66.9 Å². The second-order valence-corrected chi connectivity index (χ2v) is 22.5. The summed E-state index contributed by atoms with van der Waals surface area (Å²) in [6.45, 7) is 12.8. The van der Waals surface area contributed by atoms with Crippen LogP contribution in [0.1, 0.15) is 95.6 Å². The number of hydrogen-bond acceptors (Lipinski definition) is 19. The Morgan fingerprint density at radius 3 is 1.60 bits per heavy atom. The number of thiazole rings is 2. The Morgan fingerprint density at radius 2 is 1.19 bits per heavy atom. The third kappa shape index (κ3) is 15.7. The van der Waals surface area contributed by atoms with Crippen LogP contribution in [-0.2, 0) is 56.1 Å². The third-order valence-electron chi connectivity index (χ3n) is 10.4. The largest absolute Gasteiger partial charge is 0.456 e. The number of thiol groups is 1. The number of aromatic nitrogens is 2. The van der Waals surface area contributed by atoms with E-state index in [0.717, 1.165) is 5.01 Å². The maximum Gasteiger partial charge on any atom is 0.329 e. The minimum atomic E-state index is -1.03. The van der Waals surface area contributed by atoms with E-state index in [1.54, 1.807) is 32.1 Å². The van der Waals surface area contributed by atoms with E-state index in [-0.39, 0.29) is 66.5 Å². The molecule has 364 valence electrons. The summed E-state index contributed by atoms with van der Waals surface area (Å²) in [5, 5.41) is 17.9. The normalized spacial score (nSPS) is 26.5. The maximum atomic E-state index is 13.2. The number of ether oxygens (including phenoxy) is 2. The second kappa shape index (κ2) is 25.0. The summed E-state index contributed by atoms with van der Waals surface area (Å²) in [6, 6.07) is -1.75. The van der Waals surface area contributed by atoms with Crippen molar-refractivity contribution in [1.82, 2.24) is 31.2 Å². The topological polar surface area (TPSA) is 237 Å². The van der Waals surface area contributed by atoms with Gasteiger partial charge in [0.2, 0.25) is 23.6 Å². The summed E-state index contributed by atoms with van der Waals surface area (Å²) in [6.07, 6.45) is 6.60. The Hall–Kier alpha value is -4.03. The zero-order valence-corrected chi connectivity index (χ0v) is 43.4. The van der Waals surface area contributed by atoms with Crippen molar-refractivity contribution in [2.45, 2.75) is 123 Å². The van der Waals surface area contributed by atoms with E-state index in [4.69, 9.17) is 9.47 Å². The molecule has 0 saturated carbocycles. The van der Waals surface area contributed by atoms with Gasteiger partial charge < -0.3 is 30.7 Å². The van der Waals surface area contributed by atoms with Gasteiger partial charge in [-0.25, -0.2) is 19.6 Å². The van der Waals surface area contributed by atoms with Gasteiger partial charge in [0.25, 0.3) is 0 Å². The lowest BCUT2D eigenvalue weighted by molar-refractivity contribution is -0.154. The van der Waals surface area contributed by atoms with Crippen molar-refractivity contribution in [3.05, 3.63) is 56.5 Å². The fourth-order valence-electron chi connectivity index (χ4n) is 6.50. The van der Waals surface area contributed by atoms with E-state index >= 15 is 0 Å². The fourth-order valence-corrected chi connectivity index (χ4v) is 11.0. The van der Waals surface area contributed by atoms with Crippen molar-refractivity contribution >= 4 is 121 Å². The first kappa shape index (κ1) is 53.9. The molecule has 17 nitrogen and oxygen atoms in total. The van der Waals surface area contributed by atoms with Gasteiger partial charge in [-0.1, -0.05) is 51.6 Å². The molecule has 6 rings (SSSR count). The number of thioether (sulfide) groups is 3. The average molecular weight is 1040 g/mol. The zero-order chi connectivity index (χ0) is 48.9. The van der Waals surface area contributed by atoms with Crippen molar-refractivity contribution in [1.29, 1.82) is 0 Å². The van der Waals surface area contributed by atoms with Crippen LogP contribution in [0.3, 0.4) is 0 Å². The van der Waals surface area contributed by atoms with Gasteiger partial charge in [-0.3, -0.25) is 34.0 Å². The number of carbonyl (C=O) groups excluding carboxylic acids is 7. The molecule has 0 radical (unpaired) electrons.